The van der Waals surface area contributed by atoms with Crippen LogP contribution in [0.1, 0.15) is 71.1 Å². The van der Waals surface area contributed by atoms with Gasteiger partial charge in [-0.1, -0.05) is 64.2 Å². The quantitative estimate of drug-likeness (QED) is 0.428. The molecule has 0 amide bonds. The number of hydrogen-bond donors (Lipinski definition) is 1. The highest BCUT2D eigenvalue weighted by molar-refractivity contribution is 4.92. The number of rotatable bonds is 10. The Bertz CT molecular complexity index is 157. The molecule has 0 saturated carbocycles. The van der Waals surface area contributed by atoms with Crippen LogP contribution in [-0.4, -0.2) is 11.2 Å². The van der Waals surface area contributed by atoms with Crippen LogP contribution in [0.25, 0.3) is 0 Å². The molecular formula is C14H26O. The van der Waals surface area contributed by atoms with Crippen LogP contribution >= 0.6 is 0 Å². The summed E-state index contributed by atoms with van der Waals surface area (Å²) >= 11 is 0. The van der Waals surface area contributed by atoms with Crippen LogP contribution < -0.4 is 0 Å². The smallest absolute Gasteiger partial charge is 0.114 e. The summed E-state index contributed by atoms with van der Waals surface area (Å²) in [5.41, 5.74) is 0. The molecule has 0 aliphatic heterocycles. The standard InChI is InChI=1S/C14H26O/c1-3-5-6-7-8-9-10-11-12-13-14(15)4-2/h2,14-15H,3,5-13H2,1H3/t14-/m1/s1. The molecule has 0 spiro atoms. The number of terminal acetylenes is 1. The van der Waals surface area contributed by atoms with Gasteiger partial charge in [-0.15, -0.1) is 6.42 Å². The summed E-state index contributed by atoms with van der Waals surface area (Å²) in [5.74, 6) is 2.35. The van der Waals surface area contributed by atoms with Crippen molar-refractivity contribution < 1.29 is 5.11 Å². The van der Waals surface area contributed by atoms with Gasteiger partial charge in [-0.25, -0.2) is 0 Å². The van der Waals surface area contributed by atoms with E-state index < -0.39 is 6.10 Å². The Morgan fingerprint density at radius 1 is 0.933 bits per heavy atom. The number of unbranched alkanes of at least 4 members (excludes halogenated alkanes) is 8. The molecule has 0 aromatic carbocycles. The number of aliphatic hydroxyl groups excluding tert-OH is 1. The molecule has 0 heterocycles. The molecule has 0 saturated heterocycles. The third-order valence-corrected chi connectivity index (χ3v) is 2.77. The molecule has 1 N–H and O–H groups in total. The molecule has 1 atom stereocenters. The Labute approximate surface area is 95.3 Å². The minimum Gasteiger partial charge on any atom is -0.380 e. The van der Waals surface area contributed by atoms with E-state index in [2.05, 4.69) is 12.8 Å². The molecule has 1 nitrogen and oxygen atoms in total. The van der Waals surface area contributed by atoms with Crippen LogP contribution in [0.3, 0.4) is 0 Å². The molecule has 0 radical (unpaired) electrons. The Morgan fingerprint density at radius 3 is 1.87 bits per heavy atom. The molecule has 0 aliphatic carbocycles. The van der Waals surface area contributed by atoms with Crippen molar-refractivity contribution in [3.05, 3.63) is 0 Å². The van der Waals surface area contributed by atoms with Crippen LogP contribution in [0.4, 0.5) is 0 Å². The van der Waals surface area contributed by atoms with Gasteiger partial charge in [0.2, 0.25) is 0 Å². The first-order chi connectivity index (χ1) is 7.31. The van der Waals surface area contributed by atoms with Gasteiger partial charge < -0.3 is 5.11 Å². The second-order valence-electron chi connectivity index (χ2n) is 4.30. The normalized spacial score (nSPS) is 12.3. The van der Waals surface area contributed by atoms with Crippen LogP contribution in [0, 0.1) is 12.3 Å². The fourth-order valence-electron chi connectivity index (χ4n) is 1.73. The molecule has 0 bridgehead atoms. The SMILES string of the molecule is C#C[C@@H](O)CCCCCCCCCCC. The largest absolute Gasteiger partial charge is 0.380 e. The molecule has 0 unspecified atom stereocenters. The first kappa shape index (κ1) is 14.5. The zero-order valence-corrected chi connectivity index (χ0v) is 10.2. The van der Waals surface area contributed by atoms with Gasteiger partial charge in [0.05, 0.1) is 0 Å². The second-order valence-corrected chi connectivity index (χ2v) is 4.30. The summed E-state index contributed by atoms with van der Waals surface area (Å²) in [6.45, 7) is 2.25. The average Bonchev–Trinajstić information content (AvgIpc) is 2.26. The first-order valence-corrected chi connectivity index (χ1v) is 6.45. The predicted molar refractivity (Wildman–Crippen MR) is 66.7 cm³/mol. The second kappa shape index (κ2) is 11.6. The zero-order valence-electron chi connectivity index (χ0n) is 10.2. The van der Waals surface area contributed by atoms with Crippen molar-refractivity contribution in [3.63, 3.8) is 0 Å². The summed E-state index contributed by atoms with van der Waals surface area (Å²) in [4.78, 5) is 0. The monoisotopic (exact) mass is 210 g/mol. The highest BCUT2D eigenvalue weighted by atomic mass is 16.3. The van der Waals surface area contributed by atoms with Crippen molar-refractivity contribution >= 4 is 0 Å². The van der Waals surface area contributed by atoms with Crippen LogP contribution in [0.5, 0.6) is 0 Å². The van der Waals surface area contributed by atoms with Crippen molar-refractivity contribution in [2.45, 2.75) is 77.2 Å². The van der Waals surface area contributed by atoms with E-state index in [0.717, 1.165) is 12.8 Å². The molecule has 0 aromatic rings. The zero-order chi connectivity index (χ0) is 11.4. The first-order valence-electron chi connectivity index (χ1n) is 6.45. The van der Waals surface area contributed by atoms with Crippen molar-refractivity contribution in [2.24, 2.45) is 0 Å². The van der Waals surface area contributed by atoms with Gasteiger partial charge >= 0.3 is 0 Å². The minimum atomic E-state index is -0.519. The fourth-order valence-corrected chi connectivity index (χ4v) is 1.73. The summed E-state index contributed by atoms with van der Waals surface area (Å²) in [6, 6.07) is 0. The van der Waals surface area contributed by atoms with E-state index in [4.69, 9.17) is 11.5 Å². The molecule has 0 rings (SSSR count). The topological polar surface area (TPSA) is 20.2 Å². The third kappa shape index (κ3) is 11.4. The van der Waals surface area contributed by atoms with E-state index in [-0.39, 0.29) is 0 Å². The Morgan fingerprint density at radius 2 is 1.40 bits per heavy atom. The van der Waals surface area contributed by atoms with Gasteiger partial charge in [0.25, 0.3) is 0 Å². The van der Waals surface area contributed by atoms with Crippen LogP contribution in [0.2, 0.25) is 0 Å². The maximum Gasteiger partial charge on any atom is 0.114 e. The summed E-state index contributed by atoms with van der Waals surface area (Å²) in [6.07, 6.45) is 17.1. The lowest BCUT2D eigenvalue weighted by atomic mass is 10.1. The lowest BCUT2D eigenvalue weighted by molar-refractivity contribution is 0.217. The molecule has 1 heteroatoms. The fraction of sp³-hybridized carbons (Fsp3) is 0.857. The van der Waals surface area contributed by atoms with Crippen LogP contribution in [-0.2, 0) is 0 Å². The van der Waals surface area contributed by atoms with Crippen molar-refractivity contribution in [1.82, 2.24) is 0 Å². The van der Waals surface area contributed by atoms with E-state index >= 15 is 0 Å². The molecule has 0 fully saturated rings. The maximum absolute atomic E-state index is 9.12. The summed E-state index contributed by atoms with van der Waals surface area (Å²) in [7, 11) is 0. The maximum atomic E-state index is 9.12. The Kier molecular flexibility index (Phi) is 11.2. The minimum absolute atomic E-state index is 0.519. The Balaban J connectivity index is 2.96. The lowest BCUT2D eigenvalue weighted by Gasteiger charge is -2.03. The van der Waals surface area contributed by atoms with Gasteiger partial charge in [0.15, 0.2) is 0 Å². The van der Waals surface area contributed by atoms with Crippen molar-refractivity contribution in [3.8, 4) is 12.3 Å². The predicted octanol–water partition coefficient (Wildman–Crippen LogP) is 3.90. The summed E-state index contributed by atoms with van der Waals surface area (Å²) < 4.78 is 0. The van der Waals surface area contributed by atoms with Gasteiger partial charge in [0, 0.05) is 0 Å². The van der Waals surface area contributed by atoms with Gasteiger partial charge in [-0.2, -0.15) is 0 Å². The molecule has 88 valence electrons. The van der Waals surface area contributed by atoms with E-state index in [1.165, 1.54) is 51.4 Å². The van der Waals surface area contributed by atoms with Crippen molar-refractivity contribution in [2.75, 3.05) is 0 Å². The van der Waals surface area contributed by atoms with E-state index in [9.17, 15) is 0 Å². The summed E-state index contributed by atoms with van der Waals surface area (Å²) in [5, 5.41) is 9.12. The van der Waals surface area contributed by atoms with Crippen molar-refractivity contribution in [1.29, 1.82) is 0 Å². The van der Waals surface area contributed by atoms with E-state index in [1.54, 1.807) is 0 Å². The molecule has 0 aromatic heterocycles. The van der Waals surface area contributed by atoms with Gasteiger partial charge in [0.1, 0.15) is 6.10 Å². The van der Waals surface area contributed by atoms with Crippen LogP contribution in [0.15, 0.2) is 0 Å². The number of hydrogen-bond acceptors (Lipinski definition) is 1. The Hall–Kier alpha value is -0.480. The van der Waals surface area contributed by atoms with Gasteiger partial charge in [-0.3, -0.25) is 0 Å². The van der Waals surface area contributed by atoms with Gasteiger partial charge in [-0.05, 0) is 12.8 Å². The molecule has 15 heavy (non-hydrogen) atoms. The van der Waals surface area contributed by atoms with E-state index in [1.807, 2.05) is 0 Å². The number of aliphatic hydroxyl groups is 1. The van der Waals surface area contributed by atoms with E-state index in [0.29, 0.717) is 0 Å². The highest BCUT2D eigenvalue weighted by Crippen LogP contribution is 2.11. The molecule has 0 aliphatic rings. The lowest BCUT2D eigenvalue weighted by Crippen LogP contribution is -2.01. The average molecular weight is 210 g/mol. The third-order valence-electron chi connectivity index (χ3n) is 2.77. The highest BCUT2D eigenvalue weighted by Gasteiger charge is 1.97. The molecular weight excluding hydrogens is 184 g/mol.